The van der Waals surface area contributed by atoms with Crippen LogP contribution in [0.5, 0.6) is 0 Å². The van der Waals surface area contributed by atoms with Gasteiger partial charge in [-0.1, -0.05) is 12.8 Å². The highest BCUT2D eigenvalue weighted by Crippen LogP contribution is 2.35. The van der Waals surface area contributed by atoms with Crippen LogP contribution in [0.3, 0.4) is 0 Å². The summed E-state index contributed by atoms with van der Waals surface area (Å²) in [5.74, 6) is -0.190. The Morgan fingerprint density at radius 3 is 2.28 bits per heavy atom. The zero-order chi connectivity index (χ0) is 32.5. The molecule has 8 rings (SSSR count). The van der Waals surface area contributed by atoms with E-state index in [0.29, 0.717) is 36.9 Å². The summed E-state index contributed by atoms with van der Waals surface area (Å²) >= 11 is 0. The second-order valence-corrected chi connectivity index (χ2v) is 15.0. The molecule has 4 amide bonds. The van der Waals surface area contributed by atoms with Crippen LogP contribution in [0.2, 0.25) is 0 Å². The third-order valence-electron chi connectivity index (χ3n) is 12.2. The van der Waals surface area contributed by atoms with Gasteiger partial charge in [0.25, 0.3) is 5.91 Å². The monoisotopic (exact) mass is 650 g/mol. The summed E-state index contributed by atoms with van der Waals surface area (Å²) in [6, 6.07) is 4.97. The minimum absolute atomic E-state index is 0.0462. The maximum absolute atomic E-state index is 13.8. The van der Waals surface area contributed by atoms with Gasteiger partial charge in [0.2, 0.25) is 17.7 Å². The van der Waals surface area contributed by atoms with Crippen molar-refractivity contribution in [2.45, 2.75) is 107 Å². The van der Waals surface area contributed by atoms with Crippen molar-refractivity contribution in [3.05, 3.63) is 35.6 Å². The first-order valence-electron chi connectivity index (χ1n) is 18.3. The van der Waals surface area contributed by atoms with Crippen molar-refractivity contribution < 1.29 is 23.6 Å². The van der Waals surface area contributed by atoms with Gasteiger partial charge in [-0.3, -0.25) is 24.1 Å². The second-order valence-electron chi connectivity index (χ2n) is 15.0. The van der Waals surface area contributed by atoms with Crippen molar-refractivity contribution in [3.63, 3.8) is 0 Å². The highest BCUT2D eigenvalue weighted by Gasteiger charge is 2.44. The molecule has 4 bridgehead atoms. The van der Waals surface area contributed by atoms with Crippen LogP contribution in [0.1, 0.15) is 87.4 Å². The number of nitrogens with one attached hydrogen (secondary N) is 2. The van der Waals surface area contributed by atoms with Gasteiger partial charge in [-0.05, 0) is 107 Å². The smallest absolute Gasteiger partial charge is 0.254 e. The van der Waals surface area contributed by atoms with Crippen LogP contribution in [-0.4, -0.2) is 119 Å². The lowest BCUT2D eigenvalue weighted by atomic mass is 9.80. The molecule has 1 aromatic carbocycles. The number of carbonyl (C=O) groups is 4. The van der Waals surface area contributed by atoms with E-state index in [2.05, 4.69) is 25.3 Å². The zero-order valence-electron chi connectivity index (χ0n) is 27.6. The van der Waals surface area contributed by atoms with Crippen LogP contribution < -0.4 is 10.6 Å². The summed E-state index contributed by atoms with van der Waals surface area (Å²) in [5.41, 5.74) is 0.320. The maximum Gasteiger partial charge on any atom is 0.254 e. The summed E-state index contributed by atoms with van der Waals surface area (Å²) in [4.78, 5) is 63.4. The average Bonchev–Trinajstić information content (AvgIpc) is 3.87. The van der Waals surface area contributed by atoms with Crippen LogP contribution >= 0.6 is 0 Å². The number of nitrogens with zero attached hydrogens (tertiary/aromatic N) is 4. The molecule has 6 aliphatic heterocycles. The highest BCUT2D eigenvalue weighted by molar-refractivity contribution is 5.98. The predicted molar refractivity (Wildman–Crippen MR) is 175 cm³/mol. The molecule has 0 radical (unpaired) electrons. The third kappa shape index (κ3) is 7.07. The van der Waals surface area contributed by atoms with E-state index in [1.807, 2.05) is 0 Å². The van der Waals surface area contributed by atoms with Crippen LogP contribution in [0.4, 0.5) is 4.39 Å². The Morgan fingerprint density at radius 1 is 0.745 bits per heavy atom. The molecule has 7 aliphatic rings. The topological polar surface area (TPSA) is 105 Å². The van der Waals surface area contributed by atoms with Gasteiger partial charge in [-0.25, -0.2) is 4.39 Å². The minimum atomic E-state index is -0.735. The number of piperidine rings is 2. The number of benzene rings is 1. The van der Waals surface area contributed by atoms with Crippen molar-refractivity contribution in [2.24, 2.45) is 11.8 Å². The fourth-order valence-electron chi connectivity index (χ4n) is 9.58. The van der Waals surface area contributed by atoms with Crippen LogP contribution in [0, 0.1) is 17.7 Å². The molecule has 0 aromatic heterocycles. The highest BCUT2D eigenvalue weighted by atomic mass is 19.1. The van der Waals surface area contributed by atoms with E-state index in [4.69, 9.17) is 0 Å². The Morgan fingerprint density at radius 2 is 1.51 bits per heavy atom. The molecule has 10 nitrogen and oxygen atoms in total. The SMILES string of the molecule is O=C1NCC[C@H]2CN(C3CCCC3)CC[C@H]2CC(=O)N2CCC(CC2)N2CCC[C@H]2C(=O)N[C@@H]2C[C@H]1N(C(=O)c1ccc(F)cc1)C2. The van der Waals surface area contributed by atoms with E-state index >= 15 is 0 Å². The van der Waals surface area contributed by atoms with Crippen molar-refractivity contribution >= 4 is 23.6 Å². The Labute approximate surface area is 277 Å². The van der Waals surface area contributed by atoms with Gasteiger partial charge in [0.05, 0.1) is 6.04 Å². The number of halogens is 1. The van der Waals surface area contributed by atoms with Crippen molar-refractivity contribution in [1.82, 2.24) is 30.2 Å². The van der Waals surface area contributed by atoms with Gasteiger partial charge < -0.3 is 25.3 Å². The van der Waals surface area contributed by atoms with E-state index in [1.165, 1.54) is 49.9 Å². The molecule has 1 aliphatic carbocycles. The fourth-order valence-corrected chi connectivity index (χ4v) is 9.58. The molecule has 0 spiro atoms. The fraction of sp³-hybridized carbons (Fsp3) is 0.722. The van der Waals surface area contributed by atoms with Crippen LogP contribution in [-0.2, 0) is 14.4 Å². The Hall–Kier alpha value is -3.05. The molecule has 5 atom stereocenters. The van der Waals surface area contributed by atoms with Gasteiger partial charge in [-0.2, -0.15) is 0 Å². The second kappa shape index (κ2) is 14.2. The molecular formula is C36H51FN6O4. The first kappa shape index (κ1) is 32.5. The van der Waals surface area contributed by atoms with E-state index in [9.17, 15) is 23.6 Å². The summed E-state index contributed by atoms with van der Waals surface area (Å²) in [5, 5.41) is 6.35. The summed E-state index contributed by atoms with van der Waals surface area (Å²) in [6.07, 6.45) is 11.2. The molecule has 47 heavy (non-hydrogen) atoms. The molecule has 0 unspecified atom stereocenters. The number of fused-ring (bicyclic) bond motifs is 7. The predicted octanol–water partition coefficient (Wildman–Crippen LogP) is 2.77. The zero-order valence-corrected chi connectivity index (χ0v) is 27.6. The molecule has 256 valence electrons. The van der Waals surface area contributed by atoms with Gasteiger partial charge in [0.1, 0.15) is 11.9 Å². The van der Waals surface area contributed by atoms with Gasteiger partial charge in [0, 0.05) is 62.8 Å². The normalized spacial score (nSPS) is 33.5. The number of amides is 4. The molecule has 1 saturated carbocycles. The lowest BCUT2D eigenvalue weighted by Gasteiger charge is -2.43. The Kier molecular flexibility index (Phi) is 9.82. The van der Waals surface area contributed by atoms with Gasteiger partial charge in [0.15, 0.2) is 0 Å². The first-order valence-corrected chi connectivity index (χ1v) is 18.3. The minimum Gasteiger partial charge on any atom is -0.354 e. The molecule has 7 fully saturated rings. The Bertz CT molecular complexity index is 1310. The van der Waals surface area contributed by atoms with Gasteiger partial charge >= 0.3 is 0 Å². The van der Waals surface area contributed by atoms with Crippen molar-refractivity contribution in [3.8, 4) is 0 Å². The largest absolute Gasteiger partial charge is 0.354 e. The standard InChI is InChI=1S/C36H51FN6O4/c37-27-9-7-24(8-10-27)36(47)43-23-28-21-32(43)34(45)38-15-11-26-22-41(29-4-1-2-5-29)17-12-25(26)20-33(44)40-18-13-30(14-19-40)42-16-3-6-31(42)35(46)39-28/h7-10,25-26,28-32H,1-6,11-23H2,(H,38,45)(H,39,46)/t25-,26-,28+,31-,32+/m0/s1. The van der Waals surface area contributed by atoms with Crippen molar-refractivity contribution in [1.29, 1.82) is 0 Å². The average molecular weight is 651 g/mol. The summed E-state index contributed by atoms with van der Waals surface area (Å²) in [6.45, 7) is 5.04. The lowest BCUT2D eigenvalue weighted by molar-refractivity contribution is -0.136. The van der Waals surface area contributed by atoms with E-state index in [-0.39, 0.29) is 54.2 Å². The maximum atomic E-state index is 13.8. The van der Waals surface area contributed by atoms with E-state index < -0.39 is 11.9 Å². The number of hydrogen-bond acceptors (Lipinski definition) is 6. The number of carbonyl (C=O) groups excluding carboxylic acids is 4. The van der Waals surface area contributed by atoms with Crippen LogP contribution in [0.25, 0.3) is 0 Å². The molecule has 11 heteroatoms. The van der Waals surface area contributed by atoms with Crippen LogP contribution in [0.15, 0.2) is 24.3 Å². The molecule has 6 saturated heterocycles. The number of hydrogen-bond donors (Lipinski definition) is 2. The first-order chi connectivity index (χ1) is 22.8. The number of likely N-dealkylation sites (tertiary alicyclic amines) is 2. The molecular weight excluding hydrogens is 599 g/mol. The quantitative estimate of drug-likeness (QED) is 0.511. The summed E-state index contributed by atoms with van der Waals surface area (Å²) < 4.78 is 13.7. The van der Waals surface area contributed by atoms with E-state index in [0.717, 1.165) is 71.2 Å². The molecule has 2 N–H and O–H groups in total. The molecule has 6 heterocycles. The van der Waals surface area contributed by atoms with Crippen molar-refractivity contribution in [2.75, 3.05) is 45.8 Å². The van der Waals surface area contributed by atoms with Gasteiger partial charge in [-0.15, -0.1) is 0 Å². The number of rotatable bonds is 2. The lowest BCUT2D eigenvalue weighted by Crippen LogP contribution is -2.54. The van der Waals surface area contributed by atoms with E-state index in [1.54, 1.807) is 4.90 Å². The third-order valence-corrected chi connectivity index (χ3v) is 12.2. The Balaban J connectivity index is 1.12. The molecule has 1 aromatic rings. The summed E-state index contributed by atoms with van der Waals surface area (Å²) in [7, 11) is 0.